The Kier molecular flexibility index (Phi) is 5.54. The number of nitrogens with zero attached hydrogens (tertiary/aromatic N) is 3. The summed E-state index contributed by atoms with van der Waals surface area (Å²) in [5, 5.41) is 19.7. The minimum atomic E-state index is -1.21. The summed E-state index contributed by atoms with van der Waals surface area (Å²) in [7, 11) is 0. The van der Waals surface area contributed by atoms with Crippen LogP contribution in [0.5, 0.6) is 5.88 Å². The van der Waals surface area contributed by atoms with E-state index < -0.39 is 35.4 Å². The van der Waals surface area contributed by atoms with Crippen LogP contribution in [0.25, 0.3) is 4.96 Å². The molecule has 2 N–H and O–H groups in total. The molecule has 156 valence electrons. The van der Waals surface area contributed by atoms with Crippen LogP contribution in [0.15, 0.2) is 35.1 Å². The van der Waals surface area contributed by atoms with Crippen molar-refractivity contribution in [2.24, 2.45) is 0 Å². The molecule has 0 saturated carbocycles. The molecule has 4 rings (SSSR count). The fourth-order valence-corrected chi connectivity index (χ4v) is 5.00. The number of carboxylic acid groups (broad SMARTS) is 1. The zero-order chi connectivity index (χ0) is 21.3. The van der Waals surface area contributed by atoms with E-state index in [1.165, 1.54) is 15.7 Å². The number of rotatable bonds is 5. The number of carbonyl (C=O) groups excluding carboxylic acids is 1. The van der Waals surface area contributed by atoms with E-state index in [1.807, 2.05) is 6.07 Å². The first-order chi connectivity index (χ1) is 14.5. The first kappa shape index (κ1) is 20.1. The summed E-state index contributed by atoms with van der Waals surface area (Å²) in [5.41, 5.74) is 0.414. The van der Waals surface area contributed by atoms with Crippen molar-refractivity contribution in [2.75, 3.05) is 6.54 Å². The van der Waals surface area contributed by atoms with Crippen molar-refractivity contribution in [1.29, 1.82) is 0 Å². The summed E-state index contributed by atoms with van der Waals surface area (Å²) in [5.74, 6) is -2.72. The van der Waals surface area contributed by atoms with Crippen LogP contribution in [0.4, 0.5) is 0 Å². The fourth-order valence-electron chi connectivity index (χ4n) is 3.80. The molecular formula is C21H21N3O5S. The molecule has 0 unspecified atom stereocenters. The Morgan fingerprint density at radius 3 is 2.60 bits per heavy atom. The Bertz CT molecular complexity index is 1170. The third-order valence-corrected chi connectivity index (χ3v) is 6.34. The average Bonchev–Trinajstić information content (AvgIpc) is 2.89. The maximum atomic E-state index is 13.3. The van der Waals surface area contributed by atoms with Gasteiger partial charge in [-0.05, 0) is 31.2 Å². The molecule has 2 heterocycles. The van der Waals surface area contributed by atoms with Crippen LogP contribution in [-0.4, -0.2) is 42.9 Å². The van der Waals surface area contributed by atoms with Gasteiger partial charge in [0.2, 0.25) is 5.88 Å². The van der Waals surface area contributed by atoms with E-state index in [4.69, 9.17) is 0 Å². The number of carboxylic acids is 1. The van der Waals surface area contributed by atoms with E-state index >= 15 is 0 Å². The molecule has 0 atom stereocenters. The van der Waals surface area contributed by atoms with Gasteiger partial charge in [-0.1, -0.05) is 36.8 Å². The highest BCUT2D eigenvalue weighted by molar-refractivity contribution is 7.17. The van der Waals surface area contributed by atoms with Crippen molar-refractivity contribution in [3.8, 4) is 5.88 Å². The Balaban J connectivity index is 1.79. The number of fused-ring (bicyclic) bond motifs is 3. The summed E-state index contributed by atoms with van der Waals surface area (Å²) < 4.78 is 1.42. The van der Waals surface area contributed by atoms with Crippen molar-refractivity contribution < 1.29 is 19.8 Å². The number of amides is 1. The lowest BCUT2D eigenvalue weighted by atomic mass is 10.2. The van der Waals surface area contributed by atoms with Gasteiger partial charge < -0.3 is 15.1 Å². The van der Waals surface area contributed by atoms with Crippen molar-refractivity contribution >= 4 is 28.2 Å². The van der Waals surface area contributed by atoms with Crippen LogP contribution in [0, 0.1) is 0 Å². The van der Waals surface area contributed by atoms with Crippen molar-refractivity contribution in [2.45, 2.75) is 38.6 Å². The molecule has 0 spiro atoms. The van der Waals surface area contributed by atoms with Gasteiger partial charge in [0.15, 0.2) is 10.5 Å². The molecule has 0 bridgehead atoms. The molecule has 30 heavy (non-hydrogen) atoms. The highest BCUT2D eigenvalue weighted by atomic mass is 32.1. The van der Waals surface area contributed by atoms with Crippen LogP contribution in [0.2, 0.25) is 0 Å². The van der Waals surface area contributed by atoms with Gasteiger partial charge in [0, 0.05) is 17.1 Å². The maximum absolute atomic E-state index is 13.3. The number of hydrogen-bond donors (Lipinski definition) is 2. The Labute approximate surface area is 176 Å². The number of thiazole rings is 1. The molecule has 8 nitrogen and oxygen atoms in total. The molecule has 0 saturated heterocycles. The fraction of sp³-hybridized carbons (Fsp3) is 0.333. The maximum Gasteiger partial charge on any atom is 0.323 e. The van der Waals surface area contributed by atoms with Crippen LogP contribution in [-0.2, 0) is 24.2 Å². The number of aromatic nitrogens is 2. The largest absolute Gasteiger partial charge is 0.492 e. The van der Waals surface area contributed by atoms with Gasteiger partial charge in [0.05, 0.1) is 0 Å². The van der Waals surface area contributed by atoms with Crippen LogP contribution in [0.3, 0.4) is 0 Å². The third kappa shape index (κ3) is 3.80. The second kappa shape index (κ2) is 8.27. The number of carbonyl (C=O) groups is 2. The summed E-state index contributed by atoms with van der Waals surface area (Å²) in [6.45, 7) is -0.605. The SMILES string of the molecule is O=C(O)CN(Cc1ccccc1)C(=O)c1c(O)nc2sc3c(n2c1=O)CCCCC3. The van der Waals surface area contributed by atoms with Crippen LogP contribution >= 0.6 is 11.3 Å². The van der Waals surface area contributed by atoms with Gasteiger partial charge in [-0.3, -0.25) is 18.8 Å². The normalized spacial score (nSPS) is 13.6. The van der Waals surface area contributed by atoms with Gasteiger partial charge in [0.25, 0.3) is 11.5 Å². The molecule has 0 radical (unpaired) electrons. The average molecular weight is 427 g/mol. The van der Waals surface area contributed by atoms with Crippen molar-refractivity contribution in [3.63, 3.8) is 0 Å². The number of aliphatic carboxylic acids is 1. The van der Waals surface area contributed by atoms with Gasteiger partial charge in [-0.25, -0.2) is 0 Å². The topological polar surface area (TPSA) is 112 Å². The Morgan fingerprint density at radius 2 is 1.87 bits per heavy atom. The summed E-state index contributed by atoms with van der Waals surface area (Å²) in [6.07, 6.45) is 4.58. The summed E-state index contributed by atoms with van der Waals surface area (Å²) in [4.78, 5) is 44.3. The lowest BCUT2D eigenvalue weighted by Crippen LogP contribution is -2.39. The number of aromatic hydroxyl groups is 1. The zero-order valence-electron chi connectivity index (χ0n) is 16.2. The quantitative estimate of drug-likeness (QED) is 0.605. The molecule has 1 aromatic carbocycles. The van der Waals surface area contributed by atoms with E-state index in [0.29, 0.717) is 16.9 Å². The molecule has 1 aliphatic rings. The standard InChI is InChI=1S/C21H21N3O5S/c25-16(26)12-23(11-13-7-3-1-4-8-13)19(28)17-18(27)22-21-24(20(17)29)14-9-5-2-6-10-15(14)30-21/h1,3-4,7-8,27H,2,5-6,9-12H2,(H,25,26). The zero-order valence-corrected chi connectivity index (χ0v) is 17.0. The predicted molar refractivity (Wildman–Crippen MR) is 111 cm³/mol. The monoisotopic (exact) mass is 427 g/mol. The molecule has 1 amide bonds. The van der Waals surface area contributed by atoms with Gasteiger partial charge in [-0.2, -0.15) is 4.98 Å². The Hall–Kier alpha value is -3.20. The van der Waals surface area contributed by atoms with Gasteiger partial charge in [-0.15, -0.1) is 11.3 Å². The van der Waals surface area contributed by atoms with E-state index in [2.05, 4.69) is 4.98 Å². The second-order valence-electron chi connectivity index (χ2n) is 7.31. The van der Waals surface area contributed by atoms with E-state index in [9.17, 15) is 24.6 Å². The molecular weight excluding hydrogens is 406 g/mol. The lowest BCUT2D eigenvalue weighted by molar-refractivity contribution is -0.137. The number of hydrogen-bond acceptors (Lipinski definition) is 6. The van der Waals surface area contributed by atoms with Gasteiger partial charge >= 0.3 is 5.97 Å². The smallest absolute Gasteiger partial charge is 0.323 e. The lowest BCUT2D eigenvalue weighted by Gasteiger charge is -2.21. The van der Waals surface area contributed by atoms with Crippen molar-refractivity contribution in [3.05, 3.63) is 62.4 Å². The first-order valence-electron chi connectivity index (χ1n) is 9.77. The molecule has 0 aliphatic heterocycles. The Morgan fingerprint density at radius 1 is 1.13 bits per heavy atom. The molecule has 9 heteroatoms. The molecule has 0 fully saturated rings. The minimum Gasteiger partial charge on any atom is -0.492 e. The highest BCUT2D eigenvalue weighted by Gasteiger charge is 2.29. The highest BCUT2D eigenvalue weighted by Crippen LogP contribution is 2.29. The van der Waals surface area contributed by atoms with Gasteiger partial charge in [0.1, 0.15) is 6.54 Å². The summed E-state index contributed by atoms with van der Waals surface area (Å²) in [6, 6.07) is 8.88. The second-order valence-corrected chi connectivity index (χ2v) is 8.37. The first-order valence-corrected chi connectivity index (χ1v) is 10.6. The summed E-state index contributed by atoms with van der Waals surface area (Å²) >= 11 is 1.36. The molecule has 1 aliphatic carbocycles. The van der Waals surface area contributed by atoms with Crippen LogP contribution < -0.4 is 5.56 Å². The van der Waals surface area contributed by atoms with E-state index in [0.717, 1.165) is 41.2 Å². The number of aryl methyl sites for hydroxylation is 2. The van der Waals surface area contributed by atoms with E-state index in [1.54, 1.807) is 24.3 Å². The minimum absolute atomic E-state index is 0.00466. The molecule has 2 aromatic heterocycles. The van der Waals surface area contributed by atoms with Crippen molar-refractivity contribution in [1.82, 2.24) is 14.3 Å². The predicted octanol–water partition coefficient (Wildman–Crippen LogP) is 2.46. The number of benzene rings is 1. The molecule has 3 aromatic rings. The van der Waals surface area contributed by atoms with E-state index in [-0.39, 0.29) is 6.54 Å². The van der Waals surface area contributed by atoms with Crippen LogP contribution in [0.1, 0.15) is 45.8 Å². The third-order valence-electron chi connectivity index (χ3n) is 5.20.